The van der Waals surface area contributed by atoms with Gasteiger partial charge in [0.15, 0.2) is 0 Å². The van der Waals surface area contributed by atoms with Crippen molar-refractivity contribution in [1.82, 2.24) is 0 Å². The van der Waals surface area contributed by atoms with E-state index in [0.29, 0.717) is 9.49 Å². The molecule has 0 spiro atoms. The fourth-order valence-electron chi connectivity index (χ4n) is 9.73. The lowest BCUT2D eigenvalue weighted by molar-refractivity contribution is 0.0381. The first-order chi connectivity index (χ1) is 15.5. The highest BCUT2D eigenvalue weighted by Gasteiger charge is 2.53. The molecule has 0 aromatic heterocycles. The van der Waals surface area contributed by atoms with Gasteiger partial charge < -0.3 is 4.74 Å². The molecular weight excluding hydrogens is 432 g/mol. The molecule has 2 nitrogen and oxygen atoms in total. The standard InChI is InChI=1S/C28H36O2S2/c1-30-26(29)24-10-23(31-27-11-17-4-18(12-27)6-19(5-17)13-27)2-3-25(24)32-28-14-20-7-21(15-28)9-22(8-20)16-28/h2-3,10,17-22H,4-9,11-16H2,1H3. The number of hydrogen-bond donors (Lipinski definition) is 0. The summed E-state index contributed by atoms with van der Waals surface area (Å²) in [6, 6.07) is 6.80. The second-order valence-electron chi connectivity index (χ2n) is 12.6. The van der Waals surface area contributed by atoms with Crippen LogP contribution in [0.4, 0.5) is 0 Å². The van der Waals surface area contributed by atoms with Crippen molar-refractivity contribution in [2.24, 2.45) is 35.5 Å². The molecule has 0 amide bonds. The molecule has 1 aromatic carbocycles. The molecule has 0 atom stereocenters. The van der Waals surface area contributed by atoms with Gasteiger partial charge in [-0.05, 0) is 131 Å². The van der Waals surface area contributed by atoms with Crippen molar-refractivity contribution in [3.63, 3.8) is 0 Å². The minimum atomic E-state index is -0.148. The van der Waals surface area contributed by atoms with E-state index in [0.717, 1.165) is 41.1 Å². The Morgan fingerprint density at radius 3 is 1.62 bits per heavy atom. The lowest BCUT2D eigenvalue weighted by Crippen LogP contribution is -2.48. The van der Waals surface area contributed by atoms with Crippen LogP contribution in [0.25, 0.3) is 0 Å². The molecule has 8 fully saturated rings. The van der Waals surface area contributed by atoms with E-state index in [-0.39, 0.29) is 5.97 Å². The molecule has 0 unspecified atom stereocenters. The van der Waals surface area contributed by atoms with Crippen LogP contribution < -0.4 is 0 Å². The van der Waals surface area contributed by atoms with Crippen LogP contribution >= 0.6 is 23.5 Å². The van der Waals surface area contributed by atoms with Crippen LogP contribution in [-0.2, 0) is 4.74 Å². The summed E-state index contributed by atoms with van der Waals surface area (Å²) in [6.07, 6.45) is 17.1. The average Bonchev–Trinajstić information content (AvgIpc) is 2.72. The first-order valence-electron chi connectivity index (χ1n) is 13.1. The maximum Gasteiger partial charge on any atom is 0.339 e. The summed E-state index contributed by atoms with van der Waals surface area (Å²) in [6.45, 7) is 0. The molecule has 172 valence electrons. The van der Waals surface area contributed by atoms with E-state index in [9.17, 15) is 4.79 Å². The fourth-order valence-corrected chi connectivity index (χ4v) is 13.3. The minimum Gasteiger partial charge on any atom is -0.465 e. The highest BCUT2D eigenvalue weighted by Crippen LogP contribution is 2.63. The molecule has 1 aromatic rings. The van der Waals surface area contributed by atoms with Gasteiger partial charge in [-0.3, -0.25) is 0 Å². The Balaban J connectivity index is 1.17. The van der Waals surface area contributed by atoms with E-state index in [1.165, 1.54) is 86.8 Å². The van der Waals surface area contributed by atoms with Crippen molar-refractivity contribution >= 4 is 29.5 Å². The predicted molar refractivity (Wildman–Crippen MR) is 131 cm³/mol. The Labute approximate surface area is 201 Å². The highest BCUT2D eigenvalue weighted by atomic mass is 32.2. The summed E-state index contributed by atoms with van der Waals surface area (Å²) >= 11 is 4.14. The van der Waals surface area contributed by atoms with Crippen LogP contribution in [-0.4, -0.2) is 22.6 Å². The van der Waals surface area contributed by atoms with E-state index in [2.05, 4.69) is 30.0 Å². The maximum absolute atomic E-state index is 12.9. The predicted octanol–water partition coefficient (Wildman–Crippen LogP) is 7.60. The highest BCUT2D eigenvalue weighted by molar-refractivity contribution is 8.01. The summed E-state index contributed by atoms with van der Waals surface area (Å²) in [7, 11) is 1.54. The van der Waals surface area contributed by atoms with E-state index < -0.39 is 0 Å². The summed E-state index contributed by atoms with van der Waals surface area (Å²) in [4.78, 5) is 15.4. The maximum atomic E-state index is 12.9. The Hall–Kier alpha value is -0.610. The van der Waals surface area contributed by atoms with E-state index in [1.54, 1.807) is 7.11 Å². The zero-order valence-electron chi connectivity index (χ0n) is 19.3. The number of esters is 1. The van der Waals surface area contributed by atoms with Crippen molar-refractivity contribution in [1.29, 1.82) is 0 Å². The second kappa shape index (κ2) is 7.44. The van der Waals surface area contributed by atoms with Crippen LogP contribution in [0, 0.1) is 35.5 Å². The lowest BCUT2D eigenvalue weighted by Gasteiger charge is -2.56. The number of hydrogen-bond acceptors (Lipinski definition) is 4. The van der Waals surface area contributed by atoms with Crippen molar-refractivity contribution in [2.75, 3.05) is 7.11 Å². The van der Waals surface area contributed by atoms with Crippen LogP contribution in [0.5, 0.6) is 0 Å². The molecule has 0 saturated heterocycles. The Kier molecular flexibility index (Phi) is 4.82. The molecule has 8 aliphatic rings. The number of carbonyl (C=O) groups excluding carboxylic acids is 1. The van der Waals surface area contributed by atoms with Gasteiger partial charge in [0.05, 0.1) is 12.7 Å². The normalized spacial score (nSPS) is 45.4. The van der Waals surface area contributed by atoms with Gasteiger partial charge in [0.2, 0.25) is 0 Å². The Bertz CT molecular complexity index is 867. The zero-order valence-corrected chi connectivity index (χ0v) is 20.9. The molecule has 4 heteroatoms. The number of rotatable bonds is 5. The number of ether oxygens (including phenoxy) is 1. The molecule has 0 heterocycles. The SMILES string of the molecule is COC(=O)c1cc(SC23CC4CC(CC(C4)C2)C3)ccc1SC12CC3CC(CC(C3)C1)C2. The lowest BCUT2D eigenvalue weighted by atomic mass is 9.56. The third kappa shape index (κ3) is 3.49. The molecular formula is C28H36O2S2. The van der Waals surface area contributed by atoms with Crippen molar-refractivity contribution < 1.29 is 9.53 Å². The average molecular weight is 469 g/mol. The molecule has 0 aliphatic heterocycles. The minimum absolute atomic E-state index is 0.148. The van der Waals surface area contributed by atoms with Gasteiger partial charge in [0.1, 0.15) is 0 Å². The third-order valence-electron chi connectivity index (χ3n) is 9.98. The van der Waals surface area contributed by atoms with Gasteiger partial charge >= 0.3 is 5.97 Å². The summed E-state index contributed by atoms with van der Waals surface area (Å²) in [5.41, 5.74) is 0.822. The Morgan fingerprint density at radius 1 is 0.750 bits per heavy atom. The topological polar surface area (TPSA) is 26.3 Å². The van der Waals surface area contributed by atoms with Crippen LogP contribution in [0.1, 0.15) is 87.4 Å². The first-order valence-corrected chi connectivity index (χ1v) is 14.7. The van der Waals surface area contributed by atoms with Gasteiger partial charge in [-0.2, -0.15) is 0 Å². The quantitative estimate of drug-likeness (QED) is 0.416. The van der Waals surface area contributed by atoms with Gasteiger partial charge in [-0.15, -0.1) is 23.5 Å². The first kappa shape index (κ1) is 20.7. The van der Waals surface area contributed by atoms with Gasteiger partial charge in [0.25, 0.3) is 0 Å². The molecule has 8 aliphatic carbocycles. The van der Waals surface area contributed by atoms with Crippen LogP contribution in [0.3, 0.4) is 0 Å². The number of carbonyl (C=O) groups is 1. The van der Waals surface area contributed by atoms with Crippen molar-refractivity contribution in [2.45, 2.75) is 96.3 Å². The number of thioether (sulfide) groups is 2. The molecule has 9 rings (SSSR count). The summed E-state index contributed by atoms with van der Waals surface area (Å²) in [5, 5.41) is 0. The molecule has 0 N–H and O–H groups in total. The van der Waals surface area contributed by atoms with Gasteiger partial charge in [-0.1, -0.05) is 0 Å². The molecule has 32 heavy (non-hydrogen) atoms. The van der Waals surface area contributed by atoms with Crippen molar-refractivity contribution in [3.8, 4) is 0 Å². The van der Waals surface area contributed by atoms with E-state index >= 15 is 0 Å². The molecule has 0 radical (unpaired) electrons. The van der Waals surface area contributed by atoms with Crippen LogP contribution in [0.15, 0.2) is 28.0 Å². The van der Waals surface area contributed by atoms with E-state index in [1.807, 2.05) is 11.8 Å². The molecule has 8 bridgehead atoms. The fraction of sp³-hybridized carbons (Fsp3) is 0.750. The van der Waals surface area contributed by atoms with E-state index in [4.69, 9.17) is 4.74 Å². The monoisotopic (exact) mass is 468 g/mol. The number of methoxy groups -OCH3 is 1. The van der Waals surface area contributed by atoms with Gasteiger partial charge in [0, 0.05) is 19.3 Å². The second-order valence-corrected chi connectivity index (χ2v) is 15.6. The largest absolute Gasteiger partial charge is 0.465 e. The van der Waals surface area contributed by atoms with Crippen LogP contribution in [0.2, 0.25) is 0 Å². The Morgan fingerprint density at radius 2 is 1.19 bits per heavy atom. The van der Waals surface area contributed by atoms with Crippen molar-refractivity contribution in [3.05, 3.63) is 23.8 Å². The summed E-state index contributed by atoms with van der Waals surface area (Å²) < 4.78 is 6.08. The number of benzene rings is 1. The smallest absolute Gasteiger partial charge is 0.339 e. The zero-order chi connectivity index (χ0) is 21.5. The third-order valence-corrected chi connectivity index (χ3v) is 12.9. The summed E-state index contributed by atoms with van der Waals surface area (Å²) in [5.74, 6) is 5.52. The van der Waals surface area contributed by atoms with Gasteiger partial charge in [-0.25, -0.2) is 4.79 Å². The molecule has 8 saturated carbocycles.